The fraction of sp³-hybridized carbons (Fsp3) is 0.167. The number of aromatic carboxylic acids is 1. The molecule has 112 valence electrons. The third-order valence-corrected chi connectivity index (χ3v) is 5.52. The minimum absolute atomic E-state index is 0.000346. The molecule has 7 nitrogen and oxygen atoms in total. The van der Waals surface area contributed by atoms with Crippen molar-refractivity contribution in [2.24, 2.45) is 0 Å². The number of hydrogen-bond acceptors (Lipinski definition) is 6. The number of aromatic nitrogens is 1. The number of pyridine rings is 1. The lowest BCUT2D eigenvalue weighted by Crippen LogP contribution is -2.22. The van der Waals surface area contributed by atoms with Gasteiger partial charge in [0.25, 0.3) is 0 Å². The molecule has 0 aromatic carbocycles. The first-order chi connectivity index (χ1) is 9.94. The standard InChI is InChI=1S/C12H12N2O5S2/c1-19-11-8(3-2-6-13-11)7-14-21(17,18)10-5-4-9(20-10)12(15)16/h2-6,14H,7H2,1H3,(H,15,16). The SMILES string of the molecule is COc1ncccc1CNS(=O)(=O)c1ccc(C(=O)O)s1. The van der Waals surface area contributed by atoms with Gasteiger partial charge in [-0.2, -0.15) is 0 Å². The maximum absolute atomic E-state index is 12.1. The molecule has 2 rings (SSSR count). The summed E-state index contributed by atoms with van der Waals surface area (Å²) in [4.78, 5) is 14.7. The van der Waals surface area contributed by atoms with Crippen LogP contribution in [0.15, 0.2) is 34.7 Å². The summed E-state index contributed by atoms with van der Waals surface area (Å²) in [6, 6.07) is 5.87. The van der Waals surface area contributed by atoms with E-state index in [2.05, 4.69) is 9.71 Å². The number of carboxylic acid groups (broad SMARTS) is 1. The summed E-state index contributed by atoms with van der Waals surface area (Å²) in [6.07, 6.45) is 1.54. The van der Waals surface area contributed by atoms with E-state index in [0.29, 0.717) is 22.8 Å². The van der Waals surface area contributed by atoms with Crippen molar-refractivity contribution >= 4 is 27.3 Å². The Morgan fingerprint density at radius 2 is 2.19 bits per heavy atom. The van der Waals surface area contributed by atoms with Gasteiger partial charge in [-0.3, -0.25) is 0 Å². The Morgan fingerprint density at radius 1 is 1.43 bits per heavy atom. The second-order valence-electron chi connectivity index (χ2n) is 3.92. The summed E-state index contributed by atoms with van der Waals surface area (Å²) in [7, 11) is -2.33. The third kappa shape index (κ3) is 3.57. The van der Waals surface area contributed by atoms with Gasteiger partial charge in [-0.05, 0) is 18.2 Å². The molecule has 0 fully saturated rings. The number of rotatable bonds is 6. The molecular weight excluding hydrogens is 316 g/mol. The topological polar surface area (TPSA) is 106 Å². The first kappa shape index (κ1) is 15.4. The van der Waals surface area contributed by atoms with E-state index >= 15 is 0 Å². The summed E-state index contributed by atoms with van der Waals surface area (Å²) in [6.45, 7) is -0.000346. The lowest BCUT2D eigenvalue weighted by molar-refractivity contribution is 0.0702. The average Bonchev–Trinajstić information content (AvgIpc) is 2.96. The molecule has 2 aromatic heterocycles. The molecule has 0 bridgehead atoms. The molecule has 0 saturated carbocycles. The number of sulfonamides is 1. The summed E-state index contributed by atoms with van der Waals surface area (Å²) in [5, 5.41) is 8.81. The monoisotopic (exact) mass is 328 g/mol. The Bertz CT molecular complexity index is 755. The average molecular weight is 328 g/mol. The maximum atomic E-state index is 12.1. The third-order valence-electron chi connectivity index (χ3n) is 2.55. The van der Waals surface area contributed by atoms with Crippen LogP contribution < -0.4 is 9.46 Å². The summed E-state index contributed by atoms with van der Waals surface area (Å²) in [5.74, 6) is -0.826. The minimum atomic E-state index is -3.77. The zero-order valence-electron chi connectivity index (χ0n) is 10.9. The van der Waals surface area contributed by atoms with E-state index in [9.17, 15) is 13.2 Å². The molecule has 9 heteroatoms. The van der Waals surface area contributed by atoms with Gasteiger partial charge in [-0.25, -0.2) is 22.9 Å². The molecule has 0 aliphatic heterocycles. The van der Waals surface area contributed by atoms with Gasteiger partial charge in [0.05, 0.1) is 7.11 Å². The van der Waals surface area contributed by atoms with E-state index in [1.54, 1.807) is 12.1 Å². The van der Waals surface area contributed by atoms with Crippen LogP contribution in [0.4, 0.5) is 0 Å². The van der Waals surface area contributed by atoms with Crippen LogP contribution in [-0.2, 0) is 16.6 Å². The van der Waals surface area contributed by atoms with Gasteiger partial charge in [0.15, 0.2) is 0 Å². The van der Waals surface area contributed by atoms with E-state index in [4.69, 9.17) is 9.84 Å². The molecule has 0 unspecified atom stereocenters. The Morgan fingerprint density at radius 3 is 2.81 bits per heavy atom. The number of methoxy groups -OCH3 is 1. The maximum Gasteiger partial charge on any atom is 0.345 e. The highest BCUT2D eigenvalue weighted by Gasteiger charge is 2.19. The Labute approximate surface area is 125 Å². The van der Waals surface area contributed by atoms with Gasteiger partial charge < -0.3 is 9.84 Å². The lowest BCUT2D eigenvalue weighted by atomic mass is 10.3. The molecule has 2 N–H and O–H groups in total. The Balaban J connectivity index is 2.16. The number of carboxylic acids is 1. The minimum Gasteiger partial charge on any atom is -0.481 e. The van der Waals surface area contributed by atoms with Crippen molar-refractivity contribution < 1.29 is 23.1 Å². The van der Waals surface area contributed by atoms with E-state index in [1.807, 2.05) is 0 Å². The predicted octanol–water partition coefficient (Wildman–Crippen LogP) is 1.33. The van der Waals surface area contributed by atoms with Crippen molar-refractivity contribution in [3.8, 4) is 5.88 Å². The second kappa shape index (κ2) is 6.20. The Kier molecular flexibility index (Phi) is 4.56. The van der Waals surface area contributed by atoms with Crippen LogP contribution in [0.3, 0.4) is 0 Å². The molecule has 0 atom stereocenters. The number of nitrogens with zero attached hydrogens (tertiary/aromatic N) is 1. The van der Waals surface area contributed by atoms with Gasteiger partial charge in [0.2, 0.25) is 15.9 Å². The second-order valence-corrected chi connectivity index (χ2v) is 7.00. The number of thiophene rings is 1. The van der Waals surface area contributed by atoms with Crippen molar-refractivity contribution in [1.29, 1.82) is 0 Å². The molecule has 2 aromatic rings. The molecule has 0 radical (unpaired) electrons. The van der Waals surface area contributed by atoms with E-state index < -0.39 is 16.0 Å². The quantitative estimate of drug-likeness (QED) is 0.828. The van der Waals surface area contributed by atoms with Gasteiger partial charge >= 0.3 is 5.97 Å². The molecule has 21 heavy (non-hydrogen) atoms. The number of ether oxygens (including phenoxy) is 1. The largest absolute Gasteiger partial charge is 0.481 e. The normalized spacial score (nSPS) is 11.3. The smallest absolute Gasteiger partial charge is 0.345 e. The number of hydrogen-bond donors (Lipinski definition) is 2. The van der Waals surface area contributed by atoms with Crippen LogP contribution in [0.1, 0.15) is 15.2 Å². The van der Waals surface area contributed by atoms with Crippen molar-refractivity contribution in [2.45, 2.75) is 10.8 Å². The van der Waals surface area contributed by atoms with E-state index in [0.717, 1.165) is 0 Å². The van der Waals surface area contributed by atoms with Crippen LogP contribution in [-0.4, -0.2) is 31.6 Å². The highest BCUT2D eigenvalue weighted by Crippen LogP contribution is 2.22. The molecular formula is C12H12N2O5S2. The predicted molar refractivity (Wildman–Crippen MR) is 76.1 cm³/mol. The highest BCUT2D eigenvalue weighted by molar-refractivity contribution is 7.91. The van der Waals surface area contributed by atoms with Crippen LogP contribution in [0.25, 0.3) is 0 Å². The first-order valence-electron chi connectivity index (χ1n) is 5.74. The summed E-state index contributed by atoms with van der Waals surface area (Å²) < 4.78 is 31.5. The molecule has 0 aliphatic carbocycles. The van der Waals surface area contributed by atoms with Gasteiger partial charge in [0.1, 0.15) is 9.09 Å². The fourth-order valence-corrected chi connectivity index (χ4v) is 3.76. The van der Waals surface area contributed by atoms with Crippen molar-refractivity contribution in [2.75, 3.05) is 7.11 Å². The molecule has 0 amide bonds. The fourth-order valence-electron chi connectivity index (χ4n) is 1.57. The van der Waals surface area contributed by atoms with E-state index in [1.165, 1.54) is 25.4 Å². The zero-order valence-corrected chi connectivity index (χ0v) is 12.6. The van der Waals surface area contributed by atoms with Gasteiger partial charge in [0, 0.05) is 18.3 Å². The van der Waals surface area contributed by atoms with Crippen molar-refractivity contribution in [3.05, 3.63) is 40.9 Å². The zero-order chi connectivity index (χ0) is 15.5. The first-order valence-corrected chi connectivity index (χ1v) is 8.04. The highest BCUT2D eigenvalue weighted by atomic mass is 32.2. The lowest BCUT2D eigenvalue weighted by Gasteiger charge is -2.08. The summed E-state index contributed by atoms with van der Waals surface area (Å²) >= 11 is 0.696. The molecule has 2 heterocycles. The van der Waals surface area contributed by atoms with Crippen LogP contribution in [0.5, 0.6) is 5.88 Å². The van der Waals surface area contributed by atoms with Crippen LogP contribution in [0.2, 0.25) is 0 Å². The molecule has 0 aliphatic rings. The van der Waals surface area contributed by atoms with Gasteiger partial charge in [-0.1, -0.05) is 6.07 Å². The molecule has 0 spiro atoms. The van der Waals surface area contributed by atoms with E-state index in [-0.39, 0.29) is 15.6 Å². The Hall–Kier alpha value is -1.97. The van der Waals surface area contributed by atoms with Gasteiger partial charge in [-0.15, -0.1) is 11.3 Å². The number of carbonyl (C=O) groups is 1. The van der Waals surface area contributed by atoms with Crippen molar-refractivity contribution in [3.63, 3.8) is 0 Å². The summed E-state index contributed by atoms with van der Waals surface area (Å²) in [5.41, 5.74) is 0.582. The van der Waals surface area contributed by atoms with Crippen molar-refractivity contribution in [1.82, 2.24) is 9.71 Å². The van der Waals surface area contributed by atoms with Crippen LogP contribution >= 0.6 is 11.3 Å². The van der Waals surface area contributed by atoms with Crippen LogP contribution in [0, 0.1) is 0 Å². The number of nitrogens with one attached hydrogen (secondary N) is 1. The molecule has 0 saturated heterocycles.